The lowest BCUT2D eigenvalue weighted by Crippen LogP contribution is -2.01. The summed E-state index contributed by atoms with van der Waals surface area (Å²) in [5.41, 5.74) is 5.50. The molecule has 0 aliphatic heterocycles. The average Bonchev–Trinajstić information content (AvgIpc) is 2.85. The lowest BCUT2D eigenvalue weighted by molar-refractivity contribution is 0.627. The minimum Gasteiger partial charge on any atom is -0.227 e. The second-order valence-electron chi connectivity index (χ2n) is 7.51. The highest BCUT2D eigenvalue weighted by atomic mass is 127. The van der Waals surface area contributed by atoms with Gasteiger partial charge in [0, 0.05) is 25.8 Å². The summed E-state index contributed by atoms with van der Waals surface area (Å²) in [6.45, 7) is 0. The third-order valence-corrected chi connectivity index (χ3v) is 6.03. The molecule has 33 heavy (non-hydrogen) atoms. The molecule has 0 fully saturated rings. The standard InChI is InChI=1S/C28H17F2IN2/c29-22-12-6-19(7-13-22)26-25(18-4-2-1-3-5-18)27(20-8-14-23(30)15-9-20)33-28(32-26)21-10-16-24(31)17-11-21/h1-17H. The summed E-state index contributed by atoms with van der Waals surface area (Å²) >= 11 is 2.26. The number of nitrogens with zero attached hydrogens (tertiary/aromatic N) is 2. The van der Waals surface area contributed by atoms with Crippen molar-refractivity contribution in [3.05, 3.63) is 118 Å². The first-order valence-corrected chi connectivity index (χ1v) is 11.4. The number of halogens is 3. The van der Waals surface area contributed by atoms with Gasteiger partial charge in [-0.2, -0.15) is 0 Å². The molecule has 4 aromatic carbocycles. The van der Waals surface area contributed by atoms with Crippen molar-refractivity contribution < 1.29 is 8.78 Å². The van der Waals surface area contributed by atoms with Crippen molar-refractivity contribution in [3.63, 3.8) is 0 Å². The van der Waals surface area contributed by atoms with Gasteiger partial charge in [0.2, 0.25) is 0 Å². The third kappa shape index (κ3) is 4.54. The summed E-state index contributed by atoms with van der Waals surface area (Å²) in [4.78, 5) is 9.89. The van der Waals surface area contributed by atoms with Crippen LogP contribution in [-0.2, 0) is 0 Å². The zero-order valence-electron chi connectivity index (χ0n) is 17.3. The van der Waals surface area contributed by atoms with Crippen LogP contribution in [-0.4, -0.2) is 9.97 Å². The van der Waals surface area contributed by atoms with Crippen molar-refractivity contribution in [1.29, 1.82) is 0 Å². The largest absolute Gasteiger partial charge is 0.227 e. The Labute approximate surface area is 204 Å². The van der Waals surface area contributed by atoms with E-state index in [1.165, 1.54) is 24.3 Å². The van der Waals surface area contributed by atoms with Gasteiger partial charge in [-0.05, 0) is 88.8 Å². The Hall–Kier alpha value is -3.45. The fraction of sp³-hybridized carbons (Fsp3) is 0. The fourth-order valence-corrected chi connectivity index (χ4v) is 4.06. The van der Waals surface area contributed by atoms with Gasteiger partial charge in [0.05, 0.1) is 11.4 Å². The summed E-state index contributed by atoms with van der Waals surface area (Å²) in [5, 5.41) is 0. The van der Waals surface area contributed by atoms with Crippen molar-refractivity contribution in [2.75, 3.05) is 0 Å². The molecule has 0 aliphatic carbocycles. The van der Waals surface area contributed by atoms with Crippen LogP contribution in [0, 0.1) is 15.2 Å². The first-order chi connectivity index (χ1) is 16.1. The minimum absolute atomic E-state index is 0.314. The summed E-state index contributed by atoms with van der Waals surface area (Å²) in [6, 6.07) is 30.3. The summed E-state index contributed by atoms with van der Waals surface area (Å²) in [5.74, 6) is -0.0823. The Morgan fingerprint density at radius 1 is 0.485 bits per heavy atom. The molecular formula is C28H17F2IN2. The third-order valence-electron chi connectivity index (χ3n) is 5.31. The van der Waals surface area contributed by atoms with Gasteiger partial charge in [-0.1, -0.05) is 42.5 Å². The topological polar surface area (TPSA) is 25.8 Å². The van der Waals surface area contributed by atoms with Crippen LogP contribution in [0.1, 0.15) is 0 Å². The van der Waals surface area contributed by atoms with Gasteiger partial charge in [0.1, 0.15) is 11.6 Å². The monoisotopic (exact) mass is 546 g/mol. The molecule has 1 heterocycles. The van der Waals surface area contributed by atoms with Crippen molar-refractivity contribution in [1.82, 2.24) is 9.97 Å². The molecule has 1 aromatic heterocycles. The Bertz CT molecular complexity index is 1330. The average molecular weight is 546 g/mol. The number of aromatic nitrogens is 2. The maximum Gasteiger partial charge on any atom is 0.160 e. The highest BCUT2D eigenvalue weighted by molar-refractivity contribution is 14.1. The molecule has 2 nitrogen and oxygen atoms in total. The van der Waals surface area contributed by atoms with Crippen molar-refractivity contribution in [3.8, 4) is 45.0 Å². The smallest absolute Gasteiger partial charge is 0.160 e. The van der Waals surface area contributed by atoms with E-state index in [2.05, 4.69) is 22.6 Å². The fourth-order valence-electron chi connectivity index (χ4n) is 3.70. The van der Waals surface area contributed by atoms with Crippen LogP contribution in [0.5, 0.6) is 0 Å². The molecule has 160 valence electrons. The molecule has 0 saturated heterocycles. The summed E-state index contributed by atoms with van der Waals surface area (Å²) in [7, 11) is 0. The van der Waals surface area contributed by atoms with Crippen LogP contribution in [0.15, 0.2) is 103 Å². The molecule has 0 saturated carbocycles. The zero-order chi connectivity index (χ0) is 22.8. The first kappa shape index (κ1) is 21.4. The normalized spacial score (nSPS) is 10.9. The van der Waals surface area contributed by atoms with Crippen LogP contribution in [0.3, 0.4) is 0 Å². The van der Waals surface area contributed by atoms with E-state index in [1.807, 2.05) is 54.6 Å². The number of rotatable bonds is 4. The van der Waals surface area contributed by atoms with Gasteiger partial charge in [0.25, 0.3) is 0 Å². The molecule has 0 N–H and O–H groups in total. The van der Waals surface area contributed by atoms with Crippen LogP contribution in [0.4, 0.5) is 8.78 Å². The zero-order valence-corrected chi connectivity index (χ0v) is 19.5. The quantitative estimate of drug-likeness (QED) is 0.213. The SMILES string of the molecule is Fc1ccc(-c2nc(-c3ccc(I)cc3)nc(-c3ccc(F)cc3)c2-c2ccccc2)cc1. The van der Waals surface area contributed by atoms with Crippen LogP contribution in [0.2, 0.25) is 0 Å². The molecule has 5 aromatic rings. The lowest BCUT2D eigenvalue weighted by atomic mass is 9.94. The van der Waals surface area contributed by atoms with E-state index in [1.54, 1.807) is 24.3 Å². The van der Waals surface area contributed by atoms with Crippen molar-refractivity contribution in [2.45, 2.75) is 0 Å². The van der Waals surface area contributed by atoms with Crippen molar-refractivity contribution in [2.24, 2.45) is 0 Å². The second-order valence-corrected chi connectivity index (χ2v) is 8.75. The Kier molecular flexibility index (Phi) is 5.96. The highest BCUT2D eigenvalue weighted by Gasteiger charge is 2.20. The van der Waals surface area contributed by atoms with Crippen LogP contribution < -0.4 is 0 Å². The summed E-state index contributed by atoms with van der Waals surface area (Å²) in [6.07, 6.45) is 0. The van der Waals surface area contributed by atoms with E-state index in [9.17, 15) is 8.78 Å². The van der Waals surface area contributed by atoms with E-state index in [0.29, 0.717) is 17.2 Å². The van der Waals surface area contributed by atoms with Crippen LogP contribution in [0.25, 0.3) is 45.0 Å². The number of hydrogen-bond acceptors (Lipinski definition) is 2. The lowest BCUT2D eigenvalue weighted by Gasteiger charge is -2.17. The Morgan fingerprint density at radius 2 is 0.939 bits per heavy atom. The first-order valence-electron chi connectivity index (χ1n) is 10.3. The number of benzene rings is 4. The molecule has 0 amide bonds. The maximum absolute atomic E-state index is 13.7. The Balaban J connectivity index is 1.85. The van der Waals surface area contributed by atoms with Crippen molar-refractivity contribution >= 4 is 22.6 Å². The predicted octanol–water partition coefficient (Wildman–Crippen LogP) is 8.03. The molecule has 5 heteroatoms. The van der Waals surface area contributed by atoms with E-state index in [-0.39, 0.29) is 11.6 Å². The van der Waals surface area contributed by atoms with E-state index >= 15 is 0 Å². The maximum atomic E-state index is 13.7. The molecule has 0 radical (unpaired) electrons. The second kappa shape index (κ2) is 9.19. The predicted molar refractivity (Wildman–Crippen MR) is 136 cm³/mol. The van der Waals surface area contributed by atoms with Gasteiger partial charge in [-0.15, -0.1) is 0 Å². The van der Waals surface area contributed by atoms with Crippen LogP contribution >= 0.6 is 22.6 Å². The molecule has 0 unspecified atom stereocenters. The van der Waals surface area contributed by atoms with Gasteiger partial charge >= 0.3 is 0 Å². The molecule has 0 spiro atoms. The van der Waals surface area contributed by atoms with E-state index in [4.69, 9.17) is 9.97 Å². The van der Waals surface area contributed by atoms with Gasteiger partial charge in [0.15, 0.2) is 5.82 Å². The van der Waals surface area contributed by atoms with E-state index in [0.717, 1.165) is 31.4 Å². The van der Waals surface area contributed by atoms with Gasteiger partial charge in [-0.3, -0.25) is 0 Å². The van der Waals surface area contributed by atoms with Gasteiger partial charge < -0.3 is 0 Å². The van der Waals surface area contributed by atoms with Gasteiger partial charge in [-0.25, -0.2) is 18.7 Å². The molecular weight excluding hydrogens is 529 g/mol. The Morgan fingerprint density at radius 3 is 1.42 bits per heavy atom. The molecule has 0 atom stereocenters. The molecule has 0 bridgehead atoms. The minimum atomic E-state index is -0.314. The number of hydrogen-bond donors (Lipinski definition) is 0. The summed E-state index contributed by atoms with van der Waals surface area (Å²) < 4.78 is 28.5. The molecule has 0 aliphatic rings. The molecule has 5 rings (SSSR count). The highest BCUT2D eigenvalue weighted by Crippen LogP contribution is 2.39. The van der Waals surface area contributed by atoms with E-state index < -0.39 is 0 Å².